The number of hydrogen-bond donors (Lipinski definition) is 2. The first-order valence-corrected chi connectivity index (χ1v) is 9.86. The highest BCUT2D eigenvalue weighted by Crippen LogP contribution is 2.16. The third kappa shape index (κ3) is 7.01. The van der Waals surface area contributed by atoms with Crippen LogP contribution in [-0.4, -0.2) is 55.3 Å². The largest absolute Gasteiger partial charge is 0.444 e. The van der Waals surface area contributed by atoms with Crippen LogP contribution in [0.1, 0.15) is 32.8 Å². The van der Waals surface area contributed by atoms with Crippen LogP contribution in [0.2, 0.25) is 0 Å². The molecule has 8 heteroatoms. The molecule has 2 N–H and O–H groups in total. The van der Waals surface area contributed by atoms with Gasteiger partial charge >= 0.3 is 6.09 Å². The molecule has 1 aliphatic heterocycles. The molecule has 1 heterocycles. The van der Waals surface area contributed by atoms with Crippen LogP contribution in [0.3, 0.4) is 0 Å². The van der Waals surface area contributed by atoms with Crippen molar-refractivity contribution in [2.24, 2.45) is 4.99 Å². The van der Waals surface area contributed by atoms with Gasteiger partial charge in [-0.1, -0.05) is 15.9 Å². The van der Waals surface area contributed by atoms with Crippen molar-refractivity contribution in [1.29, 1.82) is 0 Å². The Morgan fingerprint density at radius 2 is 2.19 bits per heavy atom. The van der Waals surface area contributed by atoms with E-state index in [2.05, 4.69) is 36.5 Å². The van der Waals surface area contributed by atoms with Gasteiger partial charge in [-0.15, -0.1) is 0 Å². The normalized spacial score (nSPS) is 17.8. The van der Waals surface area contributed by atoms with Crippen LogP contribution in [0, 0.1) is 5.82 Å². The topological polar surface area (TPSA) is 66.0 Å². The number of halogens is 2. The Hall–Kier alpha value is -1.83. The van der Waals surface area contributed by atoms with E-state index in [1.807, 2.05) is 20.8 Å². The Morgan fingerprint density at radius 1 is 1.44 bits per heavy atom. The summed E-state index contributed by atoms with van der Waals surface area (Å²) < 4.78 is 20.0. The zero-order valence-corrected chi connectivity index (χ0v) is 17.9. The van der Waals surface area contributed by atoms with Gasteiger partial charge in [0.25, 0.3) is 0 Å². The first kappa shape index (κ1) is 21.5. The van der Waals surface area contributed by atoms with Crippen molar-refractivity contribution in [2.45, 2.75) is 45.3 Å². The monoisotopic (exact) mass is 442 g/mol. The summed E-state index contributed by atoms with van der Waals surface area (Å²) in [5, 5.41) is 6.17. The van der Waals surface area contributed by atoms with Gasteiger partial charge in [-0.3, -0.25) is 4.99 Å². The smallest absolute Gasteiger partial charge is 0.407 e. The van der Waals surface area contributed by atoms with Crippen molar-refractivity contribution in [2.75, 3.05) is 26.7 Å². The highest BCUT2D eigenvalue weighted by molar-refractivity contribution is 9.10. The van der Waals surface area contributed by atoms with E-state index in [0.717, 1.165) is 23.4 Å². The van der Waals surface area contributed by atoms with Gasteiger partial charge in [0.1, 0.15) is 11.4 Å². The highest BCUT2D eigenvalue weighted by atomic mass is 79.9. The number of rotatable bonds is 4. The number of carbonyl (C=O) groups excluding carboxylic acids is 1. The molecule has 0 spiro atoms. The van der Waals surface area contributed by atoms with Gasteiger partial charge < -0.3 is 20.3 Å². The van der Waals surface area contributed by atoms with Crippen LogP contribution >= 0.6 is 15.9 Å². The molecular formula is C19H28BrFN4O2. The van der Waals surface area contributed by atoms with E-state index in [0.29, 0.717) is 25.1 Å². The second-order valence-electron chi connectivity index (χ2n) is 7.54. The molecule has 27 heavy (non-hydrogen) atoms. The summed E-state index contributed by atoms with van der Waals surface area (Å²) in [6.45, 7) is 7.53. The van der Waals surface area contributed by atoms with Crippen molar-refractivity contribution < 1.29 is 13.9 Å². The number of amides is 1. The second kappa shape index (κ2) is 9.39. The first-order chi connectivity index (χ1) is 12.7. The molecule has 1 amide bonds. The number of hydrogen-bond acceptors (Lipinski definition) is 3. The second-order valence-corrected chi connectivity index (χ2v) is 8.45. The number of ether oxygens (including phenoxy) is 1. The minimum Gasteiger partial charge on any atom is -0.444 e. The van der Waals surface area contributed by atoms with Crippen molar-refractivity contribution in [3.63, 3.8) is 0 Å². The summed E-state index contributed by atoms with van der Waals surface area (Å²) in [6.07, 6.45) is 0.972. The van der Waals surface area contributed by atoms with Gasteiger partial charge in [0, 0.05) is 31.2 Å². The van der Waals surface area contributed by atoms with Crippen LogP contribution < -0.4 is 10.6 Å². The third-order valence-electron chi connectivity index (χ3n) is 4.11. The Morgan fingerprint density at radius 3 is 2.85 bits per heavy atom. The predicted octanol–water partition coefficient (Wildman–Crippen LogP) is 3.31. The van der Waals surface area contributed by atoms with Crippen LogP contribution in [0.25, 0.3) is 0 Å². The molecule has 0 radical (unpaired) electrons. The number of nitrogens with one attached hydrogen (secondary N) is 2. The van der Waals surface area contributed by atoms with Crippen LogP contribution in [0.4, 0.5) is 9.18 Å². The summed E-state index contributed by atoms with van der Waals surface area (Å²) in [4.78, 5) is 18.3. The van der Waals surface area contributed by atoms with E-state index in [1.165, 1.54) is 6.07 Å². The molecule has 6 nitrogen and oxygen atoms in total. The molecule has 1 aromatic rings. The van der Waals surface area contributed by atoms with E-state index in [4.69, 9.17) is 4.74 Å². The summed E-state index contributed by atoms with van der Waals surface area (Å²) >= 11 is 3.37. The van der Waals surface area contributed by atoms with Crippen molar-refractivity contribution in [3.05, 3.63) is 34.1 Å². The number of likely N-dealkylation sites (tertiary alicyclic amines) is 1. The lowest BCUT2D eigenvalue weighted by Gasteiger charge is -2.23. The van der Waals surface area contributed by atoms with Crippen LogP contribution in [0.5, 0.6) is 0 Å². The van der Waals surface area contributed by atoms with Gasteiger partial charge in [0.05, 0.1) is 6.04 Å². The number of nitrogens with zero attached hydrogens (tertiary/aromatic N) is 2. The van der Waals surface area contributed by atoms with Gasteiger partial charge in [-0.25, -0.2) is 9.18 Å². The van der Waals surface area contributed by atoms with E-state index in [1.54, 1.807) is 19.2 Å². The van der Waals surface area contributed by atoms with Crippen molar-refractivity contribution in [3.8, 4) is 0 Å². The van der Waals surface area contributed by atoms with Gasteiger partial charge in [0.2, 0.25) is 0 Å². The number of alkyl carbamates (subject to hydrolysis) is 1. The Labute approximate surface area is 168 Å². The average molecular weight is 443 g/mol. The standard InChI is InChI=1S/C19H28BrFN4O2/c1-19(2,3)27-18(26)24-15-8-10-25(12-15)17(22-4)23-9-7-13-11-14(20)5-6-16(13)21/h5-6,11,15H,7-10,12H2,1-4H3,(H,22,23)(H,24,26). The molecule has 0 bridgehead atoms. The molecule has 1 aromatic carbocycles. The van der Waals surface area contributed by atoms with E-state index in [9.17, 15) is 9.18 Å². The van der Waals surface area contributed by atoms with Crippen molar-refractivity contribution >= 4 is 28.0 Å². The lowest BCUT2D eigenvalue weighted by atomic mass is 10.1. The van der Waals surface area contributed by atoms with Gasteiger partial charge in [0.15, 0.2) is 5.96 Å². The fourth-order valence-corrected chi connectivity index (χ4v) is 3.33. The molecule has 0 saturated carbocycles. The molecule has 0 aromatic heterocycles. The molecule has 150 valence electrons. The van der Waals surface area contributed by atoms with Gasteiger partial charge in [-0.05, 0) is 57.4 Å². The molecule has 1 fully saturated rings. The van der Waals surface area contributed by atoms with Crippen molar-refractivity contribution in [1.82, 2.24) is 15.5 Å². The SMILES string of the molecule is CN=C(NCCc1cc(Br)ccc1F)N1CCC(NC(=O)OC(C)(C)C)C1. The molecular weight excluding hydrogens is 415 g/mol. The Kier molecular flexibility index (Phi) is 7.47. The number of aliphatic imine (C=N–C) groups is 1. The molecule has 1 unspecified atom stereocenters. The summed E-state index contributed by atoms with van der Waals surface area (Å²) in [6, 6.07) is 4.95. The molecule has 1 atom stereocenters. The first-order valence-electron chi connectivity index (χ1n) is 9.07. The Bertz CT molecular complexity index is 691. The lowest BCUT2D eigenvalue weighted by molar-refractivity contribution is 0.0507. The molecule has 2 rings (SSSR count). The molecule has 1 saturated heterocycles. The Balaban J connectivity index is 1.81. The van der Waals surface area contributed by atoms with E-state index >= 15 is 0 Å². The lowest BCUT2D eigenvalue weighted by Crippen LogP contribution is -2.44. The predicted molar refractivity (Wildman–Crippen MR) is 109 cm³/mol. The highest BCUT2D eigenvalue weighted by Gasteiger charge is 2.27. The quantitative estimate of drug-likeness (QED) is 0.554. The maximum absolute atomic E-state index is 13.8. The van der Waals surface area contributed by atoms with Crippen LogP contribution in [0.15, 0.2) is 27.7 Å². The summed E-state index contributed by atoms with van der Waals surface area (Å²) in [5.74, 6) is 0.539. The van der Waals surface area contributed by atoms with Gasteiger partial charge in [-0.2, -0.15) is 0 Å². The number of benzene rings is 1. The number of guanidine groups is 1. The zero-order chi connectivity index (χ0) is 20.0. The summed E-state index contributed by atoms with van der Waals surface area (Å²) in [5.41, 5.74) is 0.139. The van der Waals surface area contributed by atoms with Crippen LogP contribution in [-0.2, 0) is 11.2 Å². The summed E-state index contributed by atoms with van der Waals surface area (Å²) in [7, 11) is 1.72. The minimum atomic E-state index is -0.512. The molecule has 1 aliphatic rings. The van der Waals surface area contributed by atoms with E-state index < -0.39 is 11.7 Å². The minimum absolute atomic E-state index is 0.0147. The third-order valence-corrected chi connectivity index (χ3v) is 4.60. The fourth-order valence-electron chi connectivity index (χ4n) is 2.92. The zero-order valence-electron chi connectivity index (χ0n) is 16.3. The maximum atomic E-state index is 13.8. The molecule has 0 aliphatic carbocycles. The fraction of sp³-hybridized carbons (Fsp3) is 0.579. The number of carbonyl (C=O) groups is 1. The average Bonchev–Trinajstić information content (AvgIpc) is 3.01. The maximum Gasteiger partial charge on any atom is 0.407 e. The van der Waals surface area contributed by atoms with E-state index in [-0.39, 0.29) is 11.9 Å².